The number of rotatable bonds is 9. The van der Waals surface area contributed by atoms with Crippen molar-refractivity contribution < 1.29 is 47.9 Å². The molecule has 0 aliphatic rings. The first-order chi connectivity index (χ1) is 9.27. The summed E-state index contributed by atoms with van der Waals surface area (Å²) >= 11 is 3.87. The minimum atomic E-state index is -1.22. The molecule has 0 bridgehead atoms. The molecule has 0 aliphatic carbocycles. The van der Waals surface area contributed by atoms with Gasteiger partial charge in [0.05, 0.1) is 0 Å². The van der Waals surface area contributed by atoms with Gasteiger partial charge >= 0.3 is 11.9 Å². The van der Waals surface area contributed by atoms with E-state index in [0.717, 1.165) is 0 Å². The summed E-state index contributed by atoms with van der Waals surface area (Å²) in [7, 11) is 0. The van der Waals surface area contributed by atoms with Gasteiger partial charge < -0.3 is 26.6 Å². The summed E-state index contributed by atoms with van der Waals surface area (Å²) in [5, 5.41) is 21.4. The monoisotopic (exact) mass is 358 g/mol. The first-order valence-electron chi connectivity index (χ1n) is 5.66. The second-order valence-electron chi connectivity index (χ2n) is 3.90. The van der Waals surface area contributed by atoms with Crippen LogP contribution in [0.3, 0.4) is 0 Å². The van der Waals surface area contributed by atoms with Crippen LogP contribution in [0.25, 0.3) is 0 Å². The molecular formula is C10H17N3O6SV. The third-order valence-corrected chi connectivity index (χ3v) is 2.61. The summed E-state index contributed by atoms with van der Waals surface area (Å²) < 4.78 is 0. The Labute approximate surface area is 138 Å². The van der Waals surface area contributed by atoms with Crippen molar-refractivity contribution >= 4 is 36.4 Å². The average Bonchev–Trinajstić information content (AvgIpc) is 2.38. The van der Waals surface area contributed by atoms with Crippen molar-refractivity contribution in [2.45, 2.75) is 24.9 Å². The van der Waals surface area contributed by atoms with Crippen molar-refractivity contribution in [3.63, 3.8) is 0 Å². The van der Waals surface area contributed by atoms with Crippen LogP contribution >= 0.6 is 12.6 Å². The number of carboxylic acids is 2. The summed E-state index contributed by atoms with van der Waals surface area (Å²) in [5.74, 6) is -3.70. The van der Waals surface area contributed by atoms with Crippen molar-refractivity contribution in [2.75, 3.05) is 12.3 Å². The van der Waals surface area contributed by atoms with Gasteiger partial charge in [0, 0.05) is 30.7 Å². The number of amides is 2. The van der Waals surface area contributed by atoms with Gasteiger partial charge in [-0.3, -0.25) is 19.2 Å². The minimum absolute atomic E-state index is 0. The van der Waals surface area contributed by atoms with E-state index in [1.807, 2.05) is 0 Å². The molecule has 2 amide bonds. The van der Waals surface area contributed by atoms with Gasteiger partial charge in [0.25, 0.3) is 0 Å². The molecule has 0 saturated carbocycles. The molecule has 21 heavy (non-hydrogen) atoms. The average molecular weight is 358 g/mol. The fourth-order valence-corrected chi connectivity index (χ4v) is 1.41. The quantitative estimate of drug-likeness (QED) is 0.255. The van der Waals surface area contributed by atoms with Crippen molar-refractivity contribution in [1.82, 2.24) is 10.6 Å². The Kier molecular flexibility index (Phi) is 12.0. The molecule has 1 radical (unpaired) electrons. The number of hydrogen-bond donors (Lipinski definition) is 6. The second-order valence-corrected chi connectivity index (χ2v) is 4.26. The predicted molar refractivity (Wildman–Crippen MR) is 71.3 cm³/mol. The standard InChI is InChI=1S/C10H17N3O6S.V/c11-5(10(18)19)1-2-7(14)13-6(4-20)9(17)12-3-8(15)16;/h5-6,20H,1-4,11H2,(H,12,17)(H,13,14)(H,15,16)(H,18,19);/t5-,6-;/m0./s1. The largest absolute Gasteiger partial charge is 0.480 e. The Hall–Kier alpha value is -1.23. The zero-order valence-electron chi connectivity index (χ0n) is 11.0. The maximum atomic E-state index is 11.5. The van der Waals surface area contributed by atoms with Crippen LogP contribution in [0.2, 0.25) is 0 Å². The molecule has 0 rings (SSSR count). The van der Waals surface area contributed by atoms with E-state index in [2.05, 4.69) is 23.3 Å². The molecule has 0 aliphatic heterocycles. The third kappa shape index (κ3) is 10.2. The summed E-state index contributed by atoms with van der Waals surface area (Å²) in [6.45, 7) is -0.567. The van der Waals surface area contributed by atoms with Crippen LogP contribution in [0.4, 0.5) is 0 Å². The van der Waals surface area contributed by atoms with Gasteiger partial charge in [-0.05, 0) is 6.42 Å². The zero-order valence-corrected chi connectivity index (χ0v) is 13.3. The van der Waals surface area contributed by atoms with Crippen molar-refractivity contribution in [3.05, 3.63) is 0 Å². The van der Waals surface area contributed by atoms with Crippen molar-refractivity contribution in [1.29, 1.82) is 0 Å². The van der Waals surface area contributed by atoms with Gasteiger partial charge in [-0.2, -0.15) is 12.6 Å². The molecular weight excluding hydrogens is 341 g/mol. The van der Waals surface area contributed by atoms with E-state index in [1.165, 1.54) is 0 Å². The molecule has 0 saturated heterocycles. The summed E-state index contributed by atoms with van der Waals surface area (Å²) in [6.07, 6.45) is -0.235. The number of carboxylic acid groups (broad SMARTS) is 2. The normalized spacial score (nSPS) is 12.5. The number of carbonyl (C=O) groups excluding carboxylic acids is 2. The van der Waals surface area contributed by atoms with Crippen LogP contribution in [0.1, 0.15) is 12.8 Å². The SMILES string of the molecule is N[C@@H](CCC(=O)N[C@@H](CS)C(=O)NCC(=O)O)C(=O)O.[V]. The molecule has 6 N–H and O–H groups in total. The molecule has 0 fully saturated rings. The molecule has 0 aromatic heterocycles. The number of aliphatic carboxylic acids is 2. The van der Waals surface area contributed by atoms with Gasteiger partial charge in [-0.25, -0.2) is 0 Å². The van der Waals surface area contributed by atoms with Gasteiger partial charge in [0.2, 0.25) is 11.8 Å². The first kappa shape index (κ1) is 22.1. The zero-order chi connectivity index (χ0) is 15.7. The number of hydrogen-bond acceptors (Lipinski definition) is 6. The van der Waals surface area contributed by atoms with E-state index in [-0.39, 0.29) is 37.2 Å². The Morgan fingerprint density at radius 3 is 2.19 bits per heavy atom. The molecule has 0 aromatic rings. The smallest absolute Gasteiger partial charge is 0.322 e. The van der Waals surface area contributed by atoms with E-state index >= 15 is 0 Å². The Bertz CT molecular complexity index is 395. The molecule has 0 unspecified atom stereocenters. The van der Waals surface area contributed by atoms with Crippen LogP contribution in [-0.4, -0.2) is 58.3 Å². The van der Waals surface area contributed by atoms with Gasteiger partial charge in [-0.15, -0.1) is 0 Å². The van der Waals surface area contributed by atoms with Crippen LogP contribution < -0.4 is 16.4 Å². The second kappa shape index (κ2) is 11.4. The van der Waals surface area contributed by atoms with Crippen LogP contribution in [-0.2, 0) is 37.7 Å². The van der Waals surface area contributed by atoms with Crippen molar-refractivity contribution in [2.24, 2.45) is 5.73 Å². The molecule has 119 valence electrons. The van der Waals surface area contributed by atoms with Gasteiger partial charge in [0.1, 0.15) is 18.6 Å². The predicted octanol–water partition coefficient (Wildman–Crippen LogP) is -2.21. The van der Waals surface area contributed by atoms with Gasteiger partial charge in [0.15, 0.2) is 0 Å². The van der Waals surface area contributed by atoms with E-state index < -0.39 is 42.4 Å². The van der Waals surface area contributed by atoms with E-state index in [1.54, 1.807) is 0 Å². The summed E-state index contributed by atoms with van der Waals surface area (Å²) in [6, 6.07) is -2.15. The van der Waals surface area contributed by atoms with Crippen LogP contribution in [0.15, 0.2) is 0 Å². The Morgan fingerprint density at radius 1 is 1.19 bits per heavy atom. The minimum Gasteiger partial charge on any atom is -0.480 e. The number of nitrogens with two attached hydrogens (primary N) is 1. The molecule has 11 heteroatoms. The molecule has 2 atom stereocenters. The van der Waals surface area contributed by atoms with E-state index in [4.69, 9.17) is 15.9 Å². The molecule has 9 nitrogen and oxygen atoms in total. The Morgan fingerprint density at radius 2 is 1.76 bits per heavy atom. The maximum Gasteiger partial charge on any atom is 0.322 e. The fourth-order valence-electron chi connectivity index (χ4n) is 1.16. The summed E-state index contributed by atoms with van der Waals surface area (Å²) in [4.78, 5) is 43.7. The Balaban J connectivity index is 0. The third-order valence-electron chi connectivity index (χ3n) is 2.25. The molecule has 0 heterocycles. The van der Waals surface area contributed by atoms with Crippen LogP contribution in [0.5, 0.6) is 0 Å². The number of carbonyl (C=O) groups is 4. The van der Waals surface area contributed by atoms with Crippen molar-refractivity contribution in [3.8, 4) is 0 Å². The van der Waals surface area contributed by atoms with E-state index in [9.17, 15) is 19.2 Å². The number of thiol groups is 1. The summed E-state index contributed by atoms with van der Waals surface area (Å²) in [5.41, 5.74) is 5.23. The van der Waals surface area contributed by atoms with E-state index in [0.29, 0.717) is 0 Å². The van der Waals surface area contributed by atoms with Crippen LogP contribution in [0, 0.1) is 0 Å². The topological polar surface area (TPSA) is 159 Å². The maximum absolute atomic E-state index is 11.5. The molecule has 0 spiro atoms. The van der Waals surface area contributed by atoms with Gasteiger partial charge in [-0.1, -0.05) is 0 Å². The first-order valence-corrected chi connectivity index (χ1v) is 6.29. The molecule has 0 aromatic carbocycles. The fraction of sp³-hybridized carbons (Fsp3) is 0.600. The number of nitrogens with one attached hydrogen (secondary N) is 2.